The lowest BCUT2D eigenvalue weighted by Gasteiger charge is -2.22. The first-order chi connectivity index (χ1) is 5.08. The zero-order valence-electron chi connectivity index (χ0n) is 6.47. The molecule has 1 rings (SSSR count). The van der Waals surface area contributed by atoms with Gasteiger partial charge in [-0.3, -0.25) is 4.52 Å². The first-order valence-corrected chi connectivity index (χ1v) is 5.05. The largest absolute Gasteiger partial charge is 0.469 e. The van der Waals surface area contributed by atoms with E-state index in [4.69, 9.17) is 9.79 Å². The molecule has 0 radical (unpaired) electrons. The van der Waals surface area contributed by atoms with Crippen LogP contribution in [0.3, 0.4) is 0 Å². The molecule has 3 N–H and O–H groups in total. The average molecular weight is 218 g/mol. The minimum absolute atomic E-state index is 0. The minimum Gasteiger partial charge on any atom is -0.317 e. The van der Waals surface area contributed by atoms with E-state index in [1.54, 1.807) is 0 Å². The summed E-state index contributed by atoms with van der Waals surface area (Å²) < 4.78 is 14.9. The fraction of sp³-hybridized carbons (Fsp3) is 1.00. The van der Waals surface area contributed by atoms with Crippen LogP contribution in [0.15, 0.2) is 0 Å². The molecule has 0 atom stereocenters. The Morgan fingerprint density at radius 1 is 1.33 bits per heavy atom. The van der Waals surface area contributed by atoms with Crippen molar-refractivity contribution >= 4 is 20.2 Å². The Kier molecular flexibility index (Phi) is 5.32. The molecular formula is C5H13ClNO4P. The third kappa shape index (κ3) is 5.09. The van der Waals surface area contributed by atoms with Crippen LogP contribution in [0.1, 0.15) is 12.8 Å². The standard InChI is InChI=1S/C5H12NO4P.ClH/c7-11(8,9)10-5-1-3-6-4-2-5;/h5-6H,1-4H2,(H2,7,8,9);1H. The molecule has 7 heteroatoms. The van der Waals surface area contributed by atoms with Crippen LogP contribution in [0.2, 0.25) is 0 Å². The molecule has 12 heavy (non-hydrogen) atoms. The van der Waals surface area contributed by atoms with Crippen molar-refractivity contribution in [2.24, 2.45) is 0 Å². The molecule has 0 bridgehead atoms. The highest BCUT2D eigenvalue weighted by molar-refractivity contribution is 7.46. The van der Waals surface area contributed by atoms with E-state index in [1.165, 1.54) is 0 Å². The van der Waals surface area contributed by atoms with Gasteiger partial charge in [0.2, 0.25) is 0 Å². The van der Waals surface area contributed by atoms with Gasteiger partial charge in [0.25, 0.3) is 0 Å². The molecule has 1 aliphatic rings. The Morgan fingerprint density at radius 3 is 2.25 bits per heavy atom. The lowest BCUT2D eigenvalue weighted by atomic mass is 10.1. The van der Waals surface area contributed by atoms with Crippen molar-refractivity contribution in [1.82, 2.24) is 5.32 Å². The van der Waals surface area contributed by atoms with Crippen molar-refractivity contribution in [3.05, 3.63) is 0 Å². The maximum absolute atomic E-state index is 10.4. The summed E-state index contributed by atoms with van der Waals surface area (Å²) >= 11 is 0. The quantitative estimate of drug-likeness (QED) is 0.579. The number of hydrogen-bond donors (Lipinski definition) is 3. The number of hydrogen-bond acceptors (Lipinski definition) is 3. The van der Waals surface area contributed by atoms with Gasteiger partial charge in [-0.05, 0) is 25.9 Å². The number of nitrogens with one attached hydrogen (secondary N) is 1. The normalized spacial score (nSPS) is 20.2. The number of rotatable bonds is 2. The second-order valence-electron chi connectivity index (χ2n) is 2.55. The Morgan fingerprint density at radius 2 is 1.83 bits per heavy atom. The van der Waals surface area contributed by atoms with Crippen molar-refractivity contribution in [3.63, 3.8) is 0 Å². The lowest BCUT2D eigenvalue weighted by molar-refractivity contribution is 0.109. The Hall–Kier alpha value is 0.360. The first-order valence-electron chi connectivity index (χ1n) is 3.52. The number of piperidine rings is 1. The molecule has 0 amide bonds. The zero-order chi connectivity index (χ0) is 8.32. The third-order valence-corrected chi connectivity index (χ3v) is 2.15. The molecule has 0 saturated carbocycles. The monoisotopic (exact) mass is 217 g/mol. The van der Waals surface area contributed by atoms with Crippen molar-refractivity contribution in [3.8, 4) is 0 Å². The minimum atomic E-state index is -4.26. The van der Waals surface area contributed by atoms with Gasteiger partial charge in [0.1, 0.15) is 0 Å². The fourth-order valence-corrected chi connectivity index (χ4v) is 1.69. The highest BCUT2D eigenvalue weighted by atomic mass is 35.5. The van der Waals surface area contributed by atoms with Gasteiger partial charge in [-0.25, -0.2) is 4.57 Å². The summed E-state index contributed by atoms with van der Waals surface area (Å²) in [6.07, 6.45) is 1.06. The molecule has 0 aromatic rings. The van der Waals surface area contributed by atoms with E-state index in [0.29, 0.717) is 12.8 Å². The van der Waals surface area contributed by atoms with Crippen molar-refractivity contribution in [2.45, 2.75) is 18.9 Å². The molecule has 0 aromatic carbocycles. The van der Waals surface area contributed by atoms with Crippen molar-refractivity contribution < 1.29 is 18.9 Å². The fourth-order valence-electron chi connectivity index (χ4n) is 1.10. The lowest BCUT2D eigenvalue weighted by Crippen LogP contribution is -2.31. The van der Waals surface area contributed by atoms with Crippen LogP contribution in [0.5, 0.6) is 0 Å². The summed E-state index contributed by atoms with van der Waals surface area (Å²) in [7, 11) is -4.26. The van der Waals surface area contributed by atoms with E-state index < -0.39 is 7.82 Å². The predicted octanol–water partition coefficient (Wildman–Crippen LogP) is 0.269. The highest BCUT2D eigenvalue weighted by Crippen LogP contribution is 2.39. The Labute approximate surface area is 77.1 Å². The van der Waals surface area contributed by atoms with Crippen LogP contribution in [0.25, 0.3) is 0 Å². The smallest absolute Gasteiger partial charge is 0.317 e. The summed E-state index contributed by atoms with van der Waals surface area (Å²) in [5.74, 6) is 0. The molecule has 0 aromatic heterocycles. The van der Waals surface area contributed by atoms with Gasteiger partial charge < -0.3 is 15.1 Å². The van der Waals surface area contributed by atoms with Crippen LogP contribution in [0, 0.1) is 0 Å². The van der Waals surface area contributed by atoms with Crippen LogP contribution >= 0.6 is 20.2 Å². The predicted molar refractivity (Wildman–Crippen MR) is 46.3 cm³/mol. The summed E-state index contributed by atoms with van der Waals surface area (Å²) in [5.41, 5.74) is 0. The molecule has 1 heterocycles. The first kappa shape index (κ1) is 12.4. The number of halogens is 1. The second kappa shape index (κ2) is 5.17. The van der Waals surface area contributed by atoms with Gasteiger partial charge in [0.05, 0.1) is 6.10 Å². The molecule has 1 saturated heterocycles. The molecule has 0 spiro atoms. The van der Waals surface area contributed by atoms with Gasteiger partial charge in [-0.15, -0.1) is 12.4 Å². The van der Waals surface area contributed by atoms with Crippen LogP contribution in [-0.4, -0.2) is 29.0 Å². The van der Waals surface area contributed by atoms with E-state index in [1.807, 2.05) is 0 Å². The summed E-state index contributed by atoms with van der Waals surface area (Å²) in [5, 5.41) is 3.07. The van der Waals surface area contributed by atoms with Gasteiger partial charge >= 0.3 is 7.82 Å². The molecule has 0 unspecified atom stereocenters. The van der Waals surface area contributed by atoms with Gasteiger partial charge in [0.15, 0.2) is 0 Å². The summed E-state index contributed by atoms with van der Waals surface area (Å²) in [4.78, 5) is 16.9. The third-order valence-electron chi connectivity index (χ3n) is 1.57. The Balaban J connectivity index is 0.00000121. The van der Waals surface area contributed by atoms with E-state index in [0.717, 1.165) is 13.1 Å². The molecule has 0 aliphatic carbocycles. The SMILES string of the molecule is Cl.O=P(O)(O)OC1CCNCC1. The number of phosphoric ester groups is 1. The maximum Gasteiger partial charge on any atom is 0.469 e. The molecule has 74 valence electrons. The molecule has 5 nitrogen and oxygen atoms in total. The summed E-state index contributed by atoms with van der Waals surface area (Å²) in [6.45, 7) is 1.54. The second-order valence-corrected chi connectivity index (χ2v) is 3.74. The van der Waals surface area contributed by atoms with Crippen LogP contribution in [0.4, 0.5) is 0 Å². The average Bonchev–Trinajstić information content (AvgIpc) is 1.85. The highest BCUT2D eigenvalue weighted by Gasteiger charge is 2.23. The van der Waals surface area contributed by atoms with E-state index >= 15 is 0 Å². The molecule has 1 fully saturated rings. The number of phosphoric acid groups is 1. The van der Waals surface area contributed by atoms with Crippen LogP contribution < -0.4 is 5.32 Å². The van der Waals surface area contributed by atoms with E-state index in [2.05, 4.69) is 9.84 Å². The Bertz CT molecular complexity index is 167. The van der Waals surface area contributed by atoms with Crippen molar-refractivity contribution in [1.29, 1.82) is 0 Å². The maximum atomic E-state index is 10.4. The van der Waals surface area contributed by atoms with Crippen LogP contribution in [-0.2, 0) is 9.09 Å². The molecular weight excluding hydrogens is 204 g/mol. The van der Waals surface area contributed by atoms with Crippen molar-refractivity contribution in [2.75, 3.05) is 13.1 Å². The molecule has 1 aliphatic heterocycles. The topological polar surface area (TPSA) is 78.8 Å². The van der Waals surface area contributed by atoms with Gasteiger partial charge in [-0.1, -0.05) is 0 Å². The van der Waals surface area contributed by atoms with Gasteiger partial charge in [0, 0.05) is 0 Å². The van der Waals surface area contributed by atoms with E-state index in [9.17, 15) is 4.57 Å². The van der Waals surface area contributed by atoms with Gasteiger partial charge in [-0.2, -0.15) is 0 Å². The zero-order valence-corrected chi connectivity index (χ0v) is 8.18. The summed E-state index contributed by atoms with van der Waals surface area (Å²) in [6, 6.07) is 0. The van der Waals surface area contributed by atoms with E-state index in [-0.39, 0.29) is 18.5 Å².